The highest BCUT2D eigenvalue weighted by Crippen LogP contribution is 2.46. The maximum absolute atomic E-state index is 14.5. The molecular formula is C35H46N6O9S. The van der Waals surface area contributed by atoms with E-state index in [-0.39, 0.29) is 37.1 Å². The summed E-state index contributed by atoms with van der Waals surface area (Å²) in [7, 11) is -3.91. The van der Waals surface area contributed by atoms with Crippen molar-refractivity contribution in [2.45, 2.75) is 101 Å². The molecule has 0 bridgehead atoms. The summed E-state index contributed by atoms with van der Waals surface area (Å²) in [5, 5.41) is 24.2. The molecular weight excluding hydrogens is 680 g/mol. The first kappa shape index (κ1) is 36.3. The van der Waals surface area contributed by atoms with Crippen molar-refractivity contribution in [1.82, 2.24) is 30.5 Å². The number of sulfonamides is 1. The second-order valence-corrected chi connectivity index (χ2v) is 16.1. The molecule has 2 aliphatic heterocycles. The fourth-order valence-corrected chi connectivity index (χ4v) is 8.76. The van der Waals surface area contributed by atoms with Crippen molar-refractivity contribution in [2.24, 2.45) is 17.8 Å². The molecule has 1 saturated heterocycles. The molecule has 4 aliphatic rings. The van der Waals surface area contributed by atoms with Gasteiger partial charge in [0.15, 0.2) is 0 Å². The summed E-state index contributed by atoms with van der Waals surface area (Å²) in [6.07, 6.45) is 5.23. The molecule has 2 aromatic rings. The molecule has 1 aromatic carbocycles. The number of nitrogens with zero attached hydrogens (tertiary/aromatic N) is 3. The molecule has 0 spiro atoms. The van der Waals surface area contributed by atoms with Gasteiger partial charge in [0.1, 0.15) is 23.7 Å². The number of hydrogen-bond acceptors (Lipinski definition) is 10. The van der Waals surface area contributed by atoms with E-state index < -0.39 is 68.7 Å². The Kier molecular flexibility index (Phi) is 10.4. The van der Waals surface area contributed by atoms with Crippen LogP contribution in [0.5, 0.6) is 11.8 Å². The smallest absolute Gasteiger partial charge is 0.405 e. The van der Waals surface area contributed by atoms with Crippen molar-refractivity contribution in [2.75, 3.05) is 13.2 Å². The first-order valence-electron chi connectivity index (χ1n) is 17.8. The summed E-state index contributed by atoms with van der Waals surface area (Å²) >= 11 is 0. The Bertz CT molecular complexity index is 1820. The second kappa shape index (κ2) is 14.6. The van der Waals surface area contributed by atoms with Gasteiger partial charge in [-0.3, -0.25) is 19.1 Å². The average molecular weight is 727 g/mol. The van der Waals surface area contributed by atoms with Gasteiger partial charge in [-0.05, 0) is 69.4 Å². The van der Waals surface area contributed by atoms with E-state index in [1.807, 2.05) is 51.1 Å². The molecule has 2 saturated carbocycles. The Morgan fingerprint density at radius 3 is 2.45 bits per heavy atom. The molecule has 4 amide bonds. The molecule has 3 fully saturated rings. The van der Waals surface area contributed by atoms with Gasteiger partial charge in [-0.1, -0.05) is 44.6 Å². The van der Waals surface area contributed by atoms with E-state index in [2.05, 4.69) is 25.6 Å². The number of carbonyl (C=O) groups is 4. The number of fused-ring (bicyclic) bond motifs is 3. The second-order valence-electron chi connectivity index (χ2n) is 14.2. The zero-order valence-corrected chi connectivity index (χ0v) is 29.9. The predicted octanol–water partition coefficient (Wildman–Crippen LogP) is 2.90. The van der Waals surface area contributed by atoms with Gasteiger partial charge in [0.2, 0.25) is 33.6 Å². The predicted molar refractivity (Wildman–Crippen MR) is 185 cm³/mol. The lowest BCUT2D eigenvalue weighted by Gasteiger charge is -2.33. The topological polar surface area (TPSA) is 206 Å². The van der Waals surface area contributed by atoms with Gasteiger partial charge in [-0.25, -0.2) is 13.2 Å². The number of allylic oxidation sites excluding steroid dienone is 1. The molecule has 1 aromatic heterocycles. The van der Waals surface area contributed by atoms with E-state index in [1.54, 1.807) is 6.07 Å². The third-order valence-electron chi connectivity index (χ3n) is 10.4. The largest absolute Gasteiger partial charge is 0.476 e. The zero-order chi connectivity index (χ0) is 36.5. The van der Waals surface area contributed by atoms with E-state index >= 15 is 0 Å². The van der Waals surface area contributed by atoms with Gasteiger partial charge in [0, 0.05) is 12.3 Å². The summed E-state index contributed by atoms with van der Waals surface area (Å²) in [5.41, 5.74) is -1.53. The monoisotopic (exact) mass is 726 g/mol. The minimum Gasteiger partial charge on any atom is -0.476 e. The normalized spacial score (nSPS) is 30.5. The van der Waals surface area contributed by atoms with Crippen LogP contribution in [0.3, 0.4) is 0 Å². The maximum Gasteiger partial charge on any atom is 0.405 e. The Labute approximate surface area is 296 Å². The Balaban J connectivity index is 1.35. The number of hydrogen-bond donors (Lipinski definition) is 4. The third-order valence-corrected chi connectivity index (χ3v) is 12.3. The minimum absolute atomic E-state index is 0.00758. The Morgan fingerprint density at radius 2 is 1.78 bits per heavy atom. The van der Waals surface area contributed by atoms with Gasteiger partial charge in [0.25, 0.3) is 5.91 Å². The fourth-order valence-electron chi connectivity index (χ4n) is 7.39. The SMILES string of the molecule is CCOc1nnc(O[C@@H]2C[C@H]3C(=O)N[C@]4(C(=O)NS(=O)(=O)C5CC5)C[C@H]4/C=C\CC[C@@H](C)C[C@@H](CC)[C@H](NC(=O)O)C(=O)N3C2)c2ccccc12. The van der Waals surface area contributed by atoms with Crippen LogP contribution < -0.4 is 24.8 Å². The van der Waals surface area contributed by atoms with Crippen LogP contribution in [0.25, 0.3) is 10.8 Å². The first-order valence-corrected chi connectivity index (χ1v) is 19.3. The summed E-state index contributed by atoms with van der Waals surface area (Å²) in [5.74, 6) is -2.25. The molecule has 276 valence electrons. The van der Waals surface area contributed by atoms with Gasteiger partial charge in [0.05, 0.1) is 29.2 Å². The van der Waals surface area contributed by atoms with E-state index in [9.17, 15) is 32.7 Å². The lowest BCUT2D eigenvalue weighted by Crippen LogP contribution is -2.59. The van der Waals surface area contributed by atoms with Crippen LogP contribution in [0.4, 0.5) is 4.79 Å². The van der Waals surface area contributed by atoms with Crippen LogP contribution in [-0.4, -0.2) is 94.6 Å². The lowest BCUT2D eigenvalue weighted by atomic mass is 9.85. The van der Waals surface area contributed by atoms with Crippen LogP contribution in [0.2, 0.25) is 0 Å². The number of nitrogens with one attached hydrogen (secondary N) is 3. The number of rotatable bonds is 9. The van der Waals surface area contributed by atoms with E-state index in [1.165, 1.54) is 4.90 Å². The molecule has 2 aliphatic carbocycles. The molecule has 4 N–H and O–H groups in total. The van der Waals surface area contributed by atoms with Gasteiger partial charge in [-0.15, -0.1) is 10.2 Å². The average Bonchev–Trinajstić information content (AvgIpc) is 4.02. The van der Waals surface area contributed by atoms with Crippen molar-refractivity contribution < 1.29 is 42.2 Å². The molecule has 0 unspecified atom stereocenters. The quantitative estimate of drug-likeness (QED) is 0.277. The molecule has 15 nitrogen and oxygen atoms in total. The summed E-state index contributed by atoms with van der Waals surface area (Å²) in [6, 6.07) is 4.94. The number of carbonyl (C=O) groups excluding carboxylic acids is 3. The zero-order valence-electron chi connectivity index (χ0n) is 29.0. The van der Waals surface area contributed by atoms with E-state index in [4.69, 9.17) is 9.47 Å². The number of benzene rings is 1. The highest BCUT2D eigenvalue weighted by molar-refractivity contribution is 7.91. The highest BCUT2D eigenvalue weighted by Gasteiger charge is 2.62. The summed E-state index contributed by atoms with van der Waals surface area (Å²) in [6.45, 7) is 6.07. The van der Waals surface area contributed by atoms with Crippen LogP contribution in [0.1, 0.15) is 72.1 Å². The molecule has 0 radical (unpaired) electrons. The van der Waals surface area contributed by atoms with Gasteiger partial charge >= 0.3 is 6.09 Å². The van der Waals surface area contributed by atoms with Crippen molar-refractivity contribution in [3.63, 3.8) is 0 Å². The van der Waals surface area contributed by atoms with Gasteiger partial charge in [-0.2, -0.15) is 0 Å². The number of ether oxygens (including phenoxy) is 2. The van der Waals surface area contributed by atoms with Crippen molar-refractivity contribution >= 4 is 44.6 Å². The van der Waals surface area contributed by atoms with Crippen LogP contribution in [-0.2, 0) is 24.4 Å². The van der Waals surface area contributed by atoms with Crippen molar-refractivity contribution in [3.05, 3.63) is 36.4 Å². The van der Waals surface area contributed by atoms with Crippen molar-refractivity contribution in [1.29, 1.82) is 0 Å². The number of carboxylic acid groups (broad SMARTS) is 1. The van der Waals surface area contributed by atoms with E-state index in [0.29, 0.717) is 55.4 Å². The fraction of sp³-hybridized carbons (Fsp3) is 0.600. The Morgan fingerprint density at radius 1 is 1.08 bits per heavy atom. The van der Waals surface area contributed by atoms with E-state index in [0.717, 1.165) is 6.42 Å². The standard InChI is InChI=1S/C35H46N6O9S/c1-4-21-16-20(3)10-6-7-11-22-18-35(22,33(44)40-51(47,48)24-14-15-24)37-29(42)27-17-23(19-41(27)32(43)28(21)36-34(45)46)50-31-26-13-9-8-12-25(26)30(38-39-31)49-5-2/h7-9,11-13,20-24,27-28,36H,4-6,10,14-19H2,1-3H3,(H,37,42)(H,40,44)(H,45,46)/b11-7-/t20-,21-,22-,23-,27+,28+,35-/m1/s1. The molecule has 7 atom stereocenters. The minimum atomic E-state index is -3.91. The summed E-state index contributed by atoms with van der Waals surface area (Å²) < 4.78 is 39.8. The van der Waals surface area contributed by atoms with Crippen molar-refractivity contribution in [3.8, 4) is 11.8 Å². The third kappa shape index (κ3) is 7.75. The van der Waals surface area contributed by atoms with Crippen LogP contribution >= 0.6 is 0 Å². The Hall–Kier alpha value is -4.47. The lowest BCUT2D eigenvalue weighted by molar-refractivity contribution is -0.142. The summed E-state index contributed by atoms with van der Waals surface area (Å²) in [4.78, 5) is 55.8. The molecule has 51 heavy (non-hydrogen) atoms. The van der Waals surface area contributed by atoms with Crippen LogP contribution in [0.15, 0.2) is 36.4 Å². The first-order chi connectivity index (χ1) is 24.4. The molecule has 6 rings (SSSR count). The molecule has 16 heteroatoms. The number of aromatic nitrogens is 2. The molecule has 3 heterocycles. The van der Waals surface area contributed by atoms with Gasteiger partial charge < -0.3 is 30.1 Å². The maximum atomic E-state index is 14.5. The van der Waals surface area contributed by atoms with Crippen LogP contribution in [0, 0.1) is 17.8 Å². The highest BCUT2D eigenvalue weighted by atomic mass is 32.2. The number of amides is 4.